The lowest BCUT2D eigenvalue weighted by Crippen LogP contribution is -2.60. The van der Waals surface area contributed by atoms with Gasteiger partial charge in [-0.1, -0.05) is 76.2 Å². The lowest BCUT2D eigenvalue weighted by molar-refractivity contribution is -0.156. The van der Waals surface area contributed by atoms with Crippen LogP contribution in [0.1, 0.15) is 88.6 Å². The Bertz CT molecular complexity index is 3190. The molecule has 394 valence electrons. The minimum absolute atomic E-state index is 0.0671. The van der Waals surface area contributed by atoms with Crippen molar-refractivity contribution < 1.29 is 38.3 Å². The topological polar surface area (TPSA) is 112 Å². The van der Waals surface area contributed by atoms with Crippen molar-refractivity contribution in [1.82, 2.24) is 29.0 Å². The second-order valence-electron chi connectivity index (χ2n) is 20.8. The first kappa shape index (κ1) is 53.8. The van der Waals surface area contributed by atoms with Gasteiger partial charge in [-0.15, -0.1) is 0 Å². The van der Waals surface area contributed by atoms with E-state index in [2.05, 4.69) is 147 Å². The van der Waals surface area contributed by atoms with Crippen molar-refractivity contribution in [2.75, 3.05) is 26.2 Å². The first-order valence-corrected chi connectivity index (χ1v) is 25.2. The fraction of sp³-hybridized carbons (Fsp3) is 0.344. The molecule has 0 unspecified atom stereocenters. The van der Waals surface area contributed by atoms with Gasteiger partial charge in [-0.3, -0.25) is 13.6 Å². The van der Waals surface area contributed by atoms with Crippen molar-refractivity contribution in [2.24, 2.45) is 0 Å². The molecule has 4 aromatic carbocycles. The van der Waals surface area contributed by atoms with Crippen molar-refractivity contribution in [2.45, 2.75) is 111 Å². The van der Waals surface area contributed by atoms with Crippen molar-refractivity contribution in [3.63, 3.8) is 0 Å². The number of carbonyl (C=O) groups excluding carboxylic acids is 2. The third-order valence-corrected chi connectivity index (χ3v) is 12.8. The molecule has 0 spiro atoms. The van der Waals surface area contributed by atoms with Crippen LogP contribution in [0.15, 0.2) is 146 Å². The number of hydrogen-bond donors (Lipinski definition) is 1. The molecule has 1 amide bonds. The molecular weight excluding hydrogens is 954 g/mol. The molecule has 2 fully saturated rings. The molecule has 14 heteroatoms. The zero-order valence-electron chi connectivity index (χ0n) is 45.5. The maximum atomic E-state index is 12.4. The average Bonchev–Trinajstić information content (AvgIpc) is 3.99. The Morgan fingerprint density at radius 3 is 1.32 bits per heavy atom. The Labute approximate surface area is 440 Å². The number of carbonyl (C=O) groups is 2. The molecular formula is C61H69F3N6O5. The number of ether oxygens (including phenoxy) is 3. The van der Waals surface area contributed by atoms with Gasteiger partial charge in [0.05, 0.1) is 36.0 Å². The third kappa shape index (κ3) is 13.6. The standard InChI is InChI=1S/C31H35N3O3.C26H27N3O.C2HF3O.C2H6/c1-21(2)36-26-14-9-23(10-15-26)27-17-32-28-16-11-24(18-34(27)28)22-7-12-25(13-8-22)31(6)19-33(20-31)29(35)37-30(3,4)5;1-18(2)30-23-11-6-20(7-12-23)24-14-28-25-13-8-21(15-29(24)25)19-4-9-22(10-5-19)26(3)16-27-17-26;3-2(4,5)1-6;1-2/h7-18,21H,19-20H2,1-6H3;4-15,18,27H,16-17H2,1-3H3;1H;1-2H3/i;;;1D. The van der Waals surface area contributed by atoms with Crippen LogP contribution in [0.3, 0.4) is 0 Å². The van der Waals surface area contributed by atoms with Gasteiger partial charge in [-0.2, -0.15) is 13.2 Å². The molecule has 11 nitrogen and oxygen atoms in total. The smallest absolute Gasteiger partial charge is 0.446 e. The normalized spacial score (nSPS) is 14.7. The summed E-state index contributed by atoms with van der Waals surface area (Å²) < 4.78 is 58.8. The zero-order chi connectivity index (χ0) is 55.0. The fourth-order valence-corrected chi connectivity index (χ4v) is 8.95. The molecule has 6 heterocycles. The van der Waals surface area contributed by atoms with E-state index in [0.29, 0.717) is 20.0 Å². The minimum atomic E-state index is -4.64. The maximum Gasteiger partial charge on any atom is 0.446 e. The highest BCUT2D eigenvalue weighted by Crippen LogP contribution is 2.37. The van der Waals surface area contributed by atoms with Crippen molar-refractivity contribution in [3.8, 4) is 56.3 Å². The number of imidazole rings is 2. The lowest BCUT2D eigenvalue weighted by atomic mass is 9.75. The number of fused-ring (bicyclic) bond motifs is 2. The first-order valence-electron chi connectivity index (χ1n) is 25.9. The van der Waals surface area contributed by atoms with E-state index in [1.54, 1.807) is 11.8 Å². The van der Waals surface area contributed by atoms with Crippen LogP contribution >= 0.6 is 0 Å². The Morgan fingerprint density at radius 2 is 0.987 bits per heavy atom. The highest BCUT2D eigenvalue weighted by Gasteiger charge is 2.44. The highest BCUT2D eigenvalue weighted by atomic mass is 19.4. The monoisotopic (exact) mass is 1020 g/mol. The largest absolute Gasteiger partial charge is 0.491 e. The molecule has 0 atom stereocenters. The van der Waals surface area contributed by atoms with E-state index in [4.69, 9.17) is 20.4 Å². The van der Waals surface area contributed by atoms with Crippen molar-refractivity contribution in [3.05, 3.63) is 157 Å². The summed E-state index contributed by atoms with van der Waals surface area (Å²) in [5.74, 6) is 1.75. The fourth-order valence-electron chi connectivity index (χ4n) is 8.95. The molecule has 8 aromatic rings. The first-order chi connectivity index (χ1) is 36.0. The molecule has 0 radical (unpaired) electrons. The number of alkyl halides is 3. The highest BCUT2D eigenvalue weighted by molar-refractivity contribution is 5.73. The number of amides is 1. The van der Waals surface area contributed by atoms with Crippen LogP contribution < -0.4 is 14.8 Å². The van der Waals surface area contributed by atoms with E-state index in [9.17, 15) is 18.0 Å². The zero-order valence-corrected chi connectivity index (χ0v) is 44.5. The van der Waals surface area contributed by atoms with Crippen LogP contribution in [-0.2, 0) is 20.4 Å². The molecule has 2 aliphatic heterocycles. The number of nitrogens with zero attached hydrogens (tertiary/aromatic N) is 5. The molecule has 0 bridgehead atoms. The van der Waals surface area contributed by atoms with Crippen LogP contribution in [0.4, 0.5) is 18.0 Å². The molecule has 2 aliphatic rings. The Morgan fingerprint density at radius 1 is 0.627 bits per heavy atom. The van der Waals surface area contributed by atoms with Crippen LogP contribution in [0, 0.1) is 0 Å². The van der Waals surface area contributed by atoms with Crippen molar-refractivity contribution in [1.29, 1.82) is 0 Å². The van der Waals surface area contributed by atoms with E-state index >= 15 is 0 Å². The van der Waals surface area contributed by atoms with Gasteiger partial charge in [0.15, 0.2) is 0 Å². The molecule has 0 aliphatic carbocycles. The average molecular weight is 1020 g/mol. The summed E-state index contributed by atoms with van der Waals surface area (Å²) in [5, 5.41) is 3.38. The van der Waals surface area contributed by atoms with Crippen molar-refractivity contribution >= 4 is 23.7 Å². The summed E-state index contributed by atoms with van der Waals surface area (Å²) in [6.45, 7) is 24.0. The number of pyridine rings is 2. The number of nitrogens with one attached hydrogen (secondary N) is 1. The number of benzene rings is 4. The van der Waals surface area contributed by atoms with Crippen LogP contribution in [0.2, 0.25) is 0 Å². The number of aromatic nitrogens is 4. The number of rotatable bonds is 10. The van der Waals surface area contributed by atoms with E-state index in [0.717, 1.165) is 69.5 Å². The molecule has 1 N–H and O–H groups in total. The predicted octanol–water partition coefficient (Wildman–Crippen LogP) is 14.1. The lowest BCUT2D eigenvalue weighted by Gasteiger charge is -2.48. The molecule has 10 rings (SSSR count). The molecule has 4 aromatic heterocycles. The summed E-state index contributed by atoms with van der Waals surface area (Å²) in [4.78, 5) is 32.0. The SMILES string of the molecule is CC(C)Oc1ccc(-c2cnc3ccc(-c4ccc(C5(C)CN(C(=O)OC(C)(C)C)C5)cc4)cn23)cc1.CC(C)Oc1ccc(-c2cnc3ccc(-c4ccc(C5(C)CNC5)cc4)cn23)cc1.O=CC(F)(F)F.[2H]CC. The summed E-state index contributed by atoms with van der Waals surface area (Å²) in [6, 6.07) is 42.4. The van der Waals surface area contributed by atoms with Gasteiger partial charge < -0.3 is 24.4 Å². The molecule has 2 saturated heterocycles. The van der Waals surface area contributed by atoms with E-state index in [1.807, 2.05) is 85.1 Å². The summed E-state index contributed by atoms with van der Waals surface area (Å²) >= 11 is 0. The van der Waals surface area contributed by atoms with Gasteiger partial charge in [-0.05, 0) is 155 Å². The summed E-state index contributed by atoms with van der Waals surface area (Å²) in [5.41, 5.74) is 13.2. The number of halogens is 3. The van der Waals surface area contributed by atoms with Gasteiger partial charge in [0.1, 0.15) is 28.4 Å². The van der Waals surface area contributed by atoms with E-state index in [1.165, 1.54) is 22.3 Å². The summed E-state index contributed by atoms with van der Waals surface area (Å²) in [7, 11) is 0. The number of hydrogen-bond acceptors (Lipinski definition) is 8. The minimum Gasteiger partial charge on any atom is -0.491 e. The predicted molar refractivity (Wildman–Crippen MR) is 293 cm³/mol. The number of likely N-dealkylation sites (tertiary alicyclic amines) is 1. The van der Waals surface area contributed by atoms with Gasteiger partial charge in [0, 0.05) is 61.9 Å². The Hall–Kier alpha value is -7.45. The second kappa shape index (κ2) is 23.0. The second-order valence-corrected chi connectivity index (χ2v) is 20.8. The van der Waals surface area contributed by atoms with Gasteiger partial charge in [-0.25, -0.2) is 14.8 Å². The van der Waals surface area contributed by atoms with Crippen LogP contribution in [0.25, 0.3) is 56.1 Å². The van der Waals surface area contributed by atoms with Gasteiger partial charge in [0.2, 0.25) is 6.29 Å². The molecule has 0 saturated carbocycles. The van der Waals surface area contributed by atoms with Gasteiger partial charge in [0.25, 0.3) is 0 Å². The van der Waals surface area contributed by atoms with Crippen LogP contribution in [0.5, 0.6) is 11.5 Å². The third-order valence-electron chi connectivity index (χ3n) is 12.8. The van der Waals surface area contributed by atoms with E-state index in [-0.39, 0.29) is 29.1 Å². The molecule has 75 heavy (non-hydrogen) atoms. The Balaban J connectivity index is 0.000000194. The van der Waals surface area contributed by atoms with E-state index < -0.39 is 18.1 Å². The maximum absolute atomic E-state index is 12.4. The van der Waals surface area contributed by atoms with Gasteiger partial charge >= 0.3 is 12.3 Å². The summed E-state index contributed by atoms with van der Waals surface area (Å²) in [6.07, 6.45) is 2.54. The Kier molecular flexibility index (Phi) is 16.5. The van der Waals surface area contributed by atoms with Crippen LogP contribution in [-0.4, -0.2) is 86.2 Å². The number of aldehydes is 1. The quantitative estimate of drug-likeness (QED) is 0.135.